The van der Waals surface area contributed by atoms with Gasteiger partial charge < -0.3 is 18.8 Å². The van der Waals surface area contributed by atoms with E-state index in [1.54, 1.807) is 23.1 Å². The normalized spacial score (nSPS) is 13.5. The van der Waals surface area contributed by atoms with Crippen LogP contribution in [0.5, 0.6) is 11.5 Å². The van der Waals surface area contributed by atoms with E-state index in [1.165, 1.54) is 20.3 Å². The Kier molecular flexibility index (Phi) is 5.66. The second-order valence-corrected chi connectivity index (χ2v) is 6.05. The number of aromatic nitrogens is 2. The molecular weight excluding hydrogens is 374 g/mol. The van der Waals surface area contributed by atoms with Crippen molar-refractivity contribution < 1.29 is 18.7 Å². The minimum atomic E-state index is -0.700. The Labute approximate surface area is 160 Å². The number of nitrogens with zero attached hydrogens (tertiary/aromatic N) is 3. The largest absolute Gasteiger partial charge is 0.493 e. The molecule has 27 heavy (non-hydrogen) atoms. The maximum Gasteiger partial charge on any atom is 0.437 e. The first kappa shape index (κ1) is 18.8. The molecule has 0 saturated heterocycles. The van der Waals surface area contributed by atoms with E-state index in [4.69, 9.17) is 25.5 Å². The summed E-state index contributed by atoms with van der Waals surface area (Å²) < 4.78 is 16.5. The summed E-state index contributed by atoms with van der Waals surface area (Å²) >= 11 is 6.31. The number of amides is 1. The van der Waals surface area contributed by atoms with Crippen molar-refractivity contribution >= 4 is 29.7 Å². The Bertz CT molecular complexity index is 952. The van der Waals surface area contributed by atoms with Crippen molar-refractivity contribution in [2.75, 3.05) is 27.3 Å². The van der Waals surface area contributed by atoms with Crippen molar-refractivity contribution in [3.8, 4) is 11.5 Å². The Morgan fingerprint density at radius 1 is 1.26 bits per heavy atom. The van der Waals surface area contributed by atoms with Gasteiger partial charge in [0.25, 0.3) is 0 Å². The maximum absolute atomic E-state index is 12.1. The second-order valence-electron chi connectivity index (χ2n) is 5.67. The Morgan fingerprint density at radius 3 is 2.67 bits per heavy atom. The molecule has 0 radical (unpaired) electrons. The van der Waals surface area contributed by atoms with Gasteiger partial charge in [0.1, 0.15) is 6.54 Å². The minimum Gasteiger partial charge on any atom is -0.493 e. The molecule has 0 bridgehead atoms. The van der Waals surface area contributed by atoms with Crippen LogP contribution < -0.4 is 15.2 Å². The lowest BCUT2D eigenvalue weighted by molar-refractivity contribution is -0.130. The van der Waals surface area contributed by atoms with E-state index in [1.807, 2.05) is 12.2 Å². The van der Waals surface area contributed by atoms with Gasteiger partial charge in [-0.25, -0.2) is 4.79 Å². The zero-order valence-electron chi connectivity index (χ0n) is 14.8. The van der Waals surface area contributed by atoms with E-state index in [2.05, 4.69) is 5.10 Å². The van der Waals surface area contributed by atoms with Crippen molar-refractivity contribution in [3.05, 3.63) is 51.3 Å². The number of ether oxygens (including phenoxy) is 2. The number of benzene rings is 1. The number of halogens is 1. The molecule has 142 valence electrons. The topological polar surface area (TPSA) is 86.8 Å². The minimum absolute atomic E-state index is 0.0678. The Morgan fingerprint density at radius 2 is 2.00 bits per heavy atom. The molecule has 0 fully saturated rings. The van der Waals surface area contributed by atoms with Crippen LogP contribution in [0.25, 0.3) is 12.2 Å². The van der Waals surface area contributed by atoms with Crippen LogP contribution in [-0.2, 0) is 11.3 Å². The predicted molar refractivity (Wildman–Crippen MR) is 100.0 cm³/mol. The van der Waals surface area contributed by atoms with Gasteiger partial charge in [-0.05, 0) is 23.8 Å². The van der Waals surface area contributed by atoms with Gasteiger partial charge >= 0.3 is 5.76 Å². The summed E-state index contributed by atoms with van der Waals surface area (Å²) in [5.74, 6) is 0.0733. The first-order valence-corrected chi connectivity index (χ1v) is 8.50. The molecule has 2 heterocycles. The molecule has 0 saturated carbocycles. The van der Waals surface area contributed by atoms with Crippen molar-refractivity contribution in [2.24, 2.45) is 0 Å². The highest BCUT2D eigenvalue weighted by atomic mass is 35.5. The molecule has 3 rings (SSSR count). The van der Waals surface area contributed by atoms with Crippen molar-refractivity contribution in [3.63, 3.8) is 0 Å². The molecule has 0 atom stereocenters. The highest BCUT2D eigenvalue weighted by molar-refractivity contribution is 6.33. The van der Waals surface area contributed by atoms with Gasteiger partial charge in [-0.1, -0.05) is 23.8 Å². The molecule has 2 aromatic rings. The van der Waals surface area contributed by atoms with Crippen LogP contribution in [0, 0.1) is 0 Å². The summed E-state index contributed by atoms with van der Waals surface area (Å²) in [4.78, 5) is 25.6. The molecule has 1 aliphatic rings. The average molecular weight is 392 g/mol. The molecule has 0 N–H and O–H groups in total. The van der Waals surface area contributed by atoms with Crippen molar-refractivity contribution in [1.29, 1.82) is 0 Å². The Balaban J connectivity index is 1.77. The van der Waals surface area contributed by atoms with E-state index in [0.717, 1.165) is 4.68 Å². The maximum atomic E-state index is 12.1. The van der Waals surface area contributed by atoms with Crippen LogP contribution in [0.4, 0.5) is 0 Å². The van der Waals surface area contributed by atoms with Crippen LogP contribution in [0.2, 0.25) is 5.02 Å². The Hall–Kier alpha value is -3.00. The first-order chi connectivity index (χ1) is 13.0. The quantitative estimate of drug-likeness (QED) is 0.701. The van der Waals surface area contributed by atoms with Crippen LogP contribution in [-0.4, -0.2) is 47.9 Å². The lowest BCUT2D eigenvalue weighted by Gasteiger charge is -2.14. The van der Waals surface area contributed by atoms with E-state index in [9.17, 15) is 9.59 Å². The first-order valence-electron chi connectivity index (χ1n) is 8.12. The van der Waals surface area contributed by atoms with Crippen LogP contribution in [0.15, 0.2) is 33.5 Å². The number of carbonyl (C=O) groups excluding carboxylic acids is 1. The van der Waals surface area contributed by atoms with Crippen LogP contribution in [0.1, 0.15) is 11.5 Å². The monoisotopic (exact) mass is 391 g/mol. The molecule has 1 aromatic carbocycles. The molecule has 0 spiro atoms. The summed E-state index contributed by atoms with van der Waals surface area (Å²) in [7, 11) is 3.01. The third-order valence-electron chi connectivity index (χ3n) is 4.00. The summed E-state index contributed by atoms with van der Waals surface area (Å²) in [5.41, 5.74) is 0.630. The number of hydrogen-bond donors (Lipinski definition) is 0. The number of rotatable bonds is 6. The lowest BCUT2D eigenvalue weighted by atomic mass is 10.2. The third kappa shape index (κ3) is 4.06. The summed E-state index contributed by atoms with van der Waals surface area (Å²) in [6, 6.07) is 3.45. The lowest BCUT2D eigenvalue weighted by Crippen LogP contribution is -2.34. The van der Waals surface area contributed by atoms with E-state index < -0.39 is 5.76 Å². The summed E-state index contributed by atoms with van der Waals surface area (Å²) in [6.07, 6.45) is 6.91. The van der Waals surface area contributed by atoms with Gasteiger partial charge in [0, 0.05) is 19.2 Å². The van der Waals surface area contributed by atoms with Gasteiger partial charge in [-0.3, -0.25) is 4.79 Å². The number of carbonyl (C=O) groups is 1. The van der Waals surface area contributed by atoms with Crippen molar-refractivity contribution in [1.82, 2.24) is 14.7 Å². The molecule has 1 amide bonds. The van der Waals surface area contributed by atoms with E-state index >= 15 is 0 Å². The van der Waals surface area contributed by atoms with Gasteiger partial charge in [0.15, 0.2) is 11.5 Å². The van der Waals surface area contributed by atoms with Crippen LogP contribution >= 0.6 is 11.6 Å². The van der Waals surface area contributed by atoms with Gasteiger partial charge in [0.05, 0.1) is 19.2 Å². The fourth-order valence-corrected chi connectivity index (χ4v) is 2.89. The molecule has 9 heteroatoms. The highest BCUT2D eigenvalue weighted by Gasteiger charge is 2.17. The second kappa shape index (κ2) is 8.13. The zero-order valence-corrected chi connectivity index (χ0v) is 15.6. The standard InChI is InChI=1S/C18H18ClN3O5/c1-25-13-7-5-12(16(19)17(13)26-2)6-8-14-20-22(18(24)27-14)11-15(23)21-9-3-4-10-21/h3-8H,9-11H2,1-2H3. The third-order valence-corrected chi connectivity index (χ3v) is 4.39. The fraction of sp³-hybridized carbons (Fsp3) is 0.278. The zero-order chi connectivity index (χ0) is 19.4. The summed E-state index contributed by atoms with van der Waals surface area (Å²) in [6.45, 7) is 0.904. The molecule has 1 aliphatic heterocycles. The predicted octanol–water partition coefficient (Wildman–Crippen LogP) is 2.08. The molecule has 0 aliphatic carbocycles. The van der Waals surface area contributed by atoms with Crippen LogP contribution in [0.3, 0.4) is 0 Å². The SMILES string of the molecule is COc1ccc(C=Cc2nn(CC(=O)N3CC=CC3)c(=O)o2)c(Cl)c1OC. The smallest absolute Gasteiger partial charge is 0.437 e. The van der Waals surface area contributed by atoms with Gasteiger partial charge in [0.2, 0.25) is 11.8 Å². The molecule has 0 unspecified atom stereocenters. The molecular formula is C18H18ClN3O5. The average Bonchev–Trinajstić information content (AvgIpc) is 3.31. The molecule has 8 nitrogen and oxygen atoms in total. The number of hydrogen-bond acceptors (Lipinski definition) is 6. The fourth-order valence-electron chi connectivity index (χ4n) is 2.59. The molecule has 1 aromatic heterocycles. The van der Waals surface area contributed by atoms with E-state index in [0.29, 0.717) is 35.2 Å². The number of methoxy groups -OCH3 is 2. The summed E-state index contributed by atoms with van der Waals surface area (Å²) in [5, 5.41) is 4.38. The van der Waals surface area contributed by atoms with Gasteiger partial charge in [-0.2, -0.15) is 4.68 Å². The van der Waals surface area contributed by atoms with Crippen molar-refractivity contribution in [2.45, 2.75) is 6.54 Å². The highest BCUT2D eigenvalue weighted by Crippen LogP contribution is 2.37. The van der Waals surface area contributed by atoms with Gasteiger partial charge in [-0.15, -0.1) is 5.10 Å². The van der Waals surface area contributed by atoms with E-state index in [-0.39, 0.29) is 18.3 Å².